The summed E-state index contributed by atoms with van der Waals surface area (Å²) in [6, 6.07) is 3.51. The number of nitro groups is 1. The molecular weight excluding hydrogens is 352 g/mol. The molecule has 0 radical (unpaired) electrons. The first-order valence-corrected chi connectivity index (χ1v) is 9.05. The first kappa shape index (κ1) is 19.1. The van der Waals surface area contributed by atoms with E-state index in [0.717, 1.165) is 6.07 Å². The van der Waals surface area contributed by atoms with Gasteiger partial charge in [0, 0.05) is 45.2 Å². The monoisotopic (exact) mass is 372 g/mol. The van der Waals surface area contributed by atoms with E-state index in [1.165, 1.54) is 23.5 Å². The van der Waals surface area contributed by atoms with E-state index in [2.05, 4.69) is 0 Å². The molecule has 0 saturated carbocycles. The van der Waals surface area contributed by atoms with Crippen molar-refractivity contribution < 1.29 is 22.9 Å². The molecule has 0 aromatic heterocycles. The molecule has 0 atom stereocenters. The number of sulfonamides is 1. The van der Waals surface area contributed by atoms with E-state index >= 15 is 0 Å². The average Bonchev–Trinajstić information content (AvgIpc) is 2.61. The fourth-order valence-electron chi connectivity index (χ4n) is 2.58. The highest BCUT2D eigenvalue weighted by Crippen LogP contribution is 2.30. The second-order valence-corrected chi connectivity index (χ2v) is 7.35. The summed E-state index contributed by atoms with van der Waals surface area (Å²) in [5.74, 6) is -0.124. The number of carbonyl (C=O) groups is 1. The van der Waals surface area contributed by atoms with Crippen molar-refractivity contribution in [2.24, 2.45) is 5.73 Å². The Morgan fingerprint density at radius 1 is 1.32 bits per heavy atom. The number of amides is 1. The Labute approximate surface area is 145 Å². The van der Waals surface area contributed by atoms with Gasteiger partial charge in [0.25, 0.3) is 0 Å². The van der Waals surface area contributed by atoms with Crippen molar-refractivity contribution in [1.82, 2.24) is 9.21 Å². The number of ether oxygens (including phenoxy) is 1. The maximum Gasteiger partial charge on any atom is 0.312 e. The summed E-state index contributed by atoms with van der Waals surface area (Å²) >= 11 is 0. The number of methoxy groups -OCH3 is 1. The van der Waals surface area contributed by atoms with Crippen LogP contribution in [-0.4, -0.2) is 68.3 Å². The van der Waals surface area contributed by atoms with Gasteiger partial charge in [-0.05, 0) is 12.1 Å². The van der Waals surface area contributed by atoms with Crippen molar-refractivity contribution in [3.05, 3.63) is 28.3 Å². The third-order valence-electron chi connectivity index (χ3n) is 3.93. The van der Waals surface area contributed by atoms with Gasteiger partial charge in [-0.25, -0.2) is 8.42 Å². The standard InChI is InChI=1S/C14H20N4O6S/c1-24-13-3-2-11(10-12(13)18(20)21)25(22,23)17-8-6-16(7-9-17)14(19)4-5-15/h2-3,10H,4-9,15H2,1H3. The third kappa shape index (κ3) is 4.06. The van der Waals surface area contributed by atoms with E-state index in [9.17, 15) is 23.3 Å². The Hall–Kier alpha value is -2.24. The molecule has 138 valence electrons. The second-order valence-electron chi connectivity index (χ2n) is 5.41. The second kappa shape index (κ2) is 7.76. The van der Waals surface area contributed by atoms with E-state index in [-0.39, 0.29) is 55.7 Å². The summed E-state index contributed by atoms with van der Waals surface area (Å²) in [7, 11) is -2.62. The summed E-state index contributed by atoms with van der Waals surface area (Å²) in [6.45, 7) is 1.01. The van der Waals surface area contributed by atoms with Crippen LogP contribution in [0.3, 0.4) is 0 Å². The first-order valence-electron chi connectivity index (χ1n) is 7.61. The van der Waals surface area contributed by atoms with Crippen LogP contribution in [0.5, 0.6) is 5.75 Å². The van der Waals surface area contributed by atoms with E-state index in [1.807, 2.05) is 0 Å². The van der Waals surface area contributed by atoms with Crippen LogP contribution in [0.2, 0.25) is 0 Å². The molecule has 0 aliphatic carbocycles. The Morgan fingerprint density at radius 3 is 2.48 bits per heavy atom. The Morgan fingerprint density at radius 2 is 1.96 bits per heavy atom. The van der Waals surface area contributed by atoms with Crippen LogP contribution in [0.1, 0.15) is 6.42 Å². The predicted molar refractivity (Wildman–Crippen MR) is 88.7 cm³/mol. The molecule has 1 aliphatic heterocycles. The van der Waals surface area contributed by atoms with Crippen molar-refractivity contribution in [3.63, 3.8) is 0 Å². The number of nitrogens with zero attached hydrogens (tertiary/aromatic N) is 3. The molecule has 2 N–H and O–H groups in total. The van der Waals surface area contributed by atoms with Gasteiger partial charge in [-0.15, -0.1) is 0 Å². The molecule has 1 aromatic rings. The molecule has 25 heavy (non-hydrogen) atoms. The van der Waals surface area contributed by atoms with Gasteiger partial charge < -0.3 is 15.4 Å². The summed E-state index contributed by atoms with van der Waals surface area (Å²) in [5.41, 5.74) is 4.94. The minimum atomic E-state index is -3.89. The number of rotatable bonds is 6. The number of hydrogen-bond acceptors (Lipinski definition) is 7. The Kier molecular flexibility index (Phi) is 5.93. The van der Waals surface area contributed by atoms with Crippen LogP contribution in [0.15, 0.2) is 23.1 Å². The van der Waals surface area contributed by atoms with Gasteiger partial charge in [-0.2, -0.15) is 4.31 Å². The predicted octanol–water partition coefficient (Wildman–Crippen LogP) is -0.215. The number of nitrogens with two attached hydrogens (primary N) is 1. The van der Waals surface area contributed by atoms with Gasteiger partial charge in [-0.1, -0.05) is 0 Å². The first-order chi connectivity index (χ1) is 11.8. The van der Waals surface area contributed by atoms with Crippen molar-refractivity contribution >= 4 is 21.6 Å². The van der Waals surface area contributed by atoms with Gasteiger partial charge in [-0.3, -0.25) is 14.9 Å². The highest BCUT2D eigenvalue weighted by atomic mass is 32.2. The van der Waals surface area contributed by atoms with E-state index < -0.39 is 20.6 Å². The zero-order chi connectivity index (χ0) is 18.6. The van der Waals surface area contributed by atoms with Gasteiger partial charge in [0.15, 0.2) is 5.75 Å². The summed E-state index contributed by atoms with van der Waals surface area (Å²) in [5, 5.41) is 11.1. The summed E-state index contributed by atoms with van der Waals surface area (Å²) in [6.07, 6.45) is 0.220. The quantitative estimate of drug-likeness (QED) is 0.539. The van der Waals surface area contributed by atoms with Crippen LogP contribution in [-0.2, 0) is 14.8 Å². The average molecular weight is 372 g/mol. The zero-order valence-electron chi connectivity index (χ0n) is 13.8. The van der Waals surface area contributed by atoms with Crippen molar-refractivity contribution in [2.45, 2.75) is 11.3 Å². The molecule has 1 aliphatic rings. The van der Waals surface area contributed by atoms with Crippen molar-refractivity contribution in [3.8, 4) is 5.75 Å². The fourth-order valence-corrected chi connectivity index (χ4v) is 4.02. The van der Waals surface area contributed by atoms with E-state index in [4.69, 9.17) is 10.5 Å². The Balaban J connectivity index is 2.19. The number of piperazine rings is 1. The smallest absolute Gasteiger partial charge is 0.312 e. The molecule has 10 nitrogen and oxygen atoms in total. The van der Waals surface area contributed by atoms with Gasteiger partial charge in [0.05, 0.1) is 16.9 Å². The van der Waals surface area contributed by atoms with E-state index in [0.29, 0.717) is 0 Å². The van der Waals surface area contributed by atoms with Crippen LogP contribution in [0.25, 0.3) is 0 Å². The van der Waals surface area contributed by atoms with Crippen molar-refractivity contribution in [1.29, 1.82) is 0 Å². The lowest BCUT2D eigenvalue weighted by Crippen LogP contribution is -2.50. The van der Waals surface area contributed by atoms with E-state index in [1.54, 1.807) is 4.90 Å². The number of nitro benzene ring substituents is 1. The van der Waals surface area contributed by atoms with Crippen LogP contribution in [0, 0.1) is 10.1 Å². The zero-order valence-corrected chi connectivity index (χ0v) is 14.6. The normalized spacial score (nSPS) is 15.8. The molecule has 0 unspecified atom stereocenters. The highest BCUT2D eigenvalue weighted by Gasteiger charge is 2.31. The Bertz CT molecular complexity index is 759. The van der Waals surface area contributed by atoms with Crippen molar-refractivity contribution in [2.75, 3.05) is 39.8 Å². The maximum absolute atomic E-state index is 12.7. The van der Waals surface area contributed by atoms with Crippen LogP contribution >= 0.6 is 0 Å². The highest BCUT2D eigenvalue weighted by molar-refractivity contribution is 7.89. The summed E-state index contributed by atoms with van der Waals surface area (Å²) in [4.78, 5) is 23.6. The van der Waals surface area contributed by atoms with Crippen LogP contribution in [0.4, 0.5) is 5.69 Å². The number of hydrogen-bond donors (Lipinski definition) is 1. The van der Waals surface area contributed by atoms with Crippen LogP contribution < -0.4 is 10.5 Å². The molecule has 0 spiro atoms. The molecule has 1 fully saturated rings. The molecule has 2 rings (SSSR count). The number of benzene rings is 1. The summed E-state index contributed by atoms with van der Waals surface area (Å²) < 4.78 is 31.5. The molecule has 1 saturated heterocycles. The van der Waals surface area contributed by atoms with Gasteiger partial charge in [0.2, 0.25) is 15.9 Å². The third-order valence-corrected chi connectivity index (χ3v) is 5.83. The topological polar surface area (TPSA) is 136 Å². The molecule has 11 heteroatoms. The molecule has 1 aromatic carbocycles. The number of carbonyl (C=O) groups excluding carboxylic acids is 1. The lowest BCUT2D eigenvalue weighted by Gasteiger charge is -2.34. The van der Waals surface area contributed by atoms with Gasteiger partial charge in [0.1, 0.15) is 0 Å². The maximum atomic E-state index is 12.7. The fraction of sp³-hybridized carbons (Fsp3) is 0.500. The SMILES string of the molecule is COc1ccc(S(=O)(=O)N2CCN(C(=O)CCN)CC2)cc1[N+](=O)[O-]. The molecule has 0 bridgehead atoms. The lowest BCUT2D eigenvalue weighted by atomic mass is 10.3. The van der Waals surface area contributed by atoms with Gasteiger partial charge >= 0.3 is 5.69 Å². The molecule has 1 amide bonds. The lowest BCUT2D eigenvalue weighted by molar-refractivity contribution is -0.386. The minimum Gasteiger partial charge on any atom is -0.490 e. The minimum absolute atomic E-state index is 0.0128. The molecular formula is C14H20N4O6S. The largest absolute Gasteiger partial charge is 0.490 e. The molecule has 1 heterocycles.